The maximum atomic E-state index is 2.72. The number of piperidine rings is 1. The summed E-state index contributed by atoms with van der Waals surface area (Å²) in [5, 5.41) is 0. The molecule has 16 heavy (non-hydrogen) atoms. The van der Waals surface area contributed by atoms with Crippen LogP contribution in [0.4, 0.5) is 0 Å². The van der Waals surface area contributed by atoms with E-state index in [-0.39, 0.29) is 0 Å². The molecule has 3 heteroatoms. The topological polar surface area (TPSA) is 9.72 Å². The quantitative estimate of drug-likeness (QED) is 0.712. The SMILES string of the molecule is CCCN1CCCC(N2CCN(C)CC2)C1. The number of nitrogens with zero attached hydrogens (tertiary/aromatic N) is 3. The molecule has 0 aromatic rings. The van der Waals surface area contributed by atoms with Crippen LogP contribution in [0.5, 0.6) is 0 Å². The van der Waals surface area contributed by atoms with E-state index >= 15 is 0 Å². The van der Waals surface area contributed by atoms with Crippen LogP contribution in [-0.2, 0) is 0 Å². The number of hydrogen-bond donors (Lipinski definition) is 0. The molecule has 2 aliphatic heterocycles. The van der Waals surface area contributed by atoms with Gasteiger partial charge in [0, 0.05) is 38.8 Å². The van der Waals surface area contributed by atoms with Crippen molar-refractivity contribution < 1.29 is 0 Å². The molecule has 2 rings (SSSR count). The second-order valence-electron chi connectivity index (χ2n) is 5.44. The highest BCUT2D eigenvalue weighted by molar-refractivity contribution is 4.83. The monoisotopic (exact) mass is 225 g/mol. The van der Waals surface area contributed by atoms with Crippen molar-refractivity contribution in [2.45, 2.75) is 32.2 Å². The molecule has 0 amide bonds. The summed E-state index contributed by atoms with van der Waals surface area (Å²) in [6, 6.07) is 0.842. The van der Waals surface area contributed by atoms with Gasteiger partial charge in [-0.1, -0.05) is 6.92 Å². The number of hydrogen-bond acceptors (Lipinski definition) is 3. The lowest BCUT2D eigenvalue weighted by molar-refractivity contribution is 0.0601. The largest absolute Gasteiger partial charge is 0.304 e. The predicted molar refractivity (Wildman–Crippen MR) is 68.8 cm³/mol. The van der Waals surface area contributed by atoms with Gasteiger partial charge < -0.3 is 9.80 Å². The lowest BCUT2D eigenvalue weighted by Crippen LogP contribution is -2.54. The van der Waals surface area contributed by atoms with Crippen LogP contribution < -0.4 is 0 Å². The minimum absolute atomic E-state index is 0.842. The molecule has 0 N–H and O–H groups in total. The van der Waals surface area contributed by atoms with Crippen LogP contribution in [0.3, 0.4) is 0 Å². The Balaban J connectivity index is 1.80. The maximum absolute atomic E-state index is 2.72. The molecule has 1 unspecified atom stereocenters. The van der Waals surface area contributed by atoms with Crippen molar-refractivity contribution in [1.82, 2.24) is 14.7 Å². The highest BCUT2D eigenvalue weighted by Gasteiger charge is 2.26. The summed E-state index contributed by atoms with van der Waals surface area (Å²) >= 11 is 0. The summed E-state index contributed by atoms with van der Waals surface area (Å²) in [6.07, 6.45) is 4.12. The first-order valence-electron chi connectivity index (χ1n) is 6.94. The van der Waals surface area contributed by atoms with Crippen molar-refractivity contribution in [3.05, 3.63) is 0 Å². The van der Waals surface area contributed by atoms with Gasteiger partial charge in [0.05, 0.1) is 0 Å². The fourth-order valence-electron chi connectivity index (χ4n) is 3.04. The Morgan fingerprint density at radius 3 is 2.50 bits per heavy atom. The van der Waals surface area contributed by atoms with Gasteiger partial charge in [-0.15, -0.1) is 0 Å². The molecule has 2 fully saturated rings. The van der Waals surface area contributed by atoms with Crippen molar-refractivity contribution in [3.63, 3.8) is 0 Å². The van der Waals surface area contributed by atoms with Gasteiger partial charge in [-0.3, -0.25) is 4.90 Å². The number of likely N-dealkylation sites (N-methyl/N-ethyl adjacent to an activating group) is 1. The Morgan fingerprint density at radius 2 is 1.81 bits per heavy atom. The summed E-state index contributed by atoms with van der Waals surface area (Å²) in [5.74, 6) is 0. The zero-order valence-electron chi connectivity index (χ0n) is 11.0. The van der Waals surface area contributed by atoms with Crippen molar-refractivity contribution in [1.29, 1.82) is 0 Å². The highest BCUT2D eigenvalue weighted by Crippen LogP contribution is 2.17. The van der Waals surface area contributed by atoms with Gasteiger partial charge in [0.2, 0.25) is 0 Å². The zero-order valence-corrected chi connectivity index (χ0v) is 11.0. The van der Waals surface area contributed by atoms with Gasteiger partial charge in [-0.05, 0) is 39.4 Å². The fourth-order valence-corrected chi connectivity index (χ4v) is 3.04. The molecule has 0 aromatic carbocycles. The van der Waals surface area contributed by atoms with Crippen LogP contribution in [0.2, 0.25) is 0 Å². The van der Waals surface area contributed by atoms with Crippen molar-refractivity contribution in [2.75, 3.05) is 52.9 Å². The van der Waals surface area contributed by atoms with E-state index in [2.05, 4.69) is 28.7 Å². The standard InChI is InChI=1S/C13H27N3/c1-3-6-15-7-4-5-13(12-15)16-10-8-14(2)9-11-16/h13H,3-12H2,1-2H3. The molecule has 94 valence electrons. The van der Waals surface area contributed by atoms with Crippen molar-refractivity contribution in [2.24, 2.45) is 0 Å². The van der Waals surface area contributed by atoms with E-state index in [0.717, 1.165) is 6.04 Å². The first kappa shape index (κ1) is 12.3. The molecule has 3 nitrogen and oxygen atoms in total. The van der Waals surface area contributed by atoms with Crippen LogP contribution >= 0.6 is 0 Å². The maximum Gasteiger partial charge on any atom is 0.0224 e. The molecule has 0 spiro atoms. The first-order valence-corrected chi connectivity index (χ1v) is 6.94. The minimum Gasteiger partial charge on any atom is -0.304 e. The summed E-state index contributed by atoms with van der Waals surface area (Å²) in [4.78, 5) is 7.83. The molecule has 0 aliphatic carbocycles. The van der Waals surface area contributed by atoms with E-state index in [1.807, 2.05) is 0 Å². The second kappa shape index (κ2) is 5.99. The Labute approximate surface area is 100 Å². The van der Waals surface area contributed by atoms with Crippen LogP contribution in [0.15, 0.2) is 0 Å². The van der Waals surface area contributed by atoms with Gasteiger partial charge >= 0.3 is 0 Å². The molecule has 2 aliphatic rings. The van der Waals surface area contributed by atoms with Gasteiger partial charge in [0.1, 0.15) is 0 Å². The highest BCUT2D eigenvalue weighted by atomic mass is 15.3. The van der Waals surface area contributed by atoms with Gasteiger partial charge in [-0.2, -0.15) is 0 Å². The van der Waals surface area contributed by atoms with Crippen LogP contribution in [-0.4, -0.2) is 73.6 Å². The normalized spacial score (nSPS) is 30.8. The molecule has 1 atom stereocenters. The summed E-state index contributed by atoms with van der Waals surface area (Å²) in [7, 11) is 2.24. The Bertz CT molecular complexity index is 197. The van der Waals surface area contributed by atoms with Gasteiger partial charge in [0.25, 0.3) is 0 Å². The first-order chi connectivity index (χ1) is 7.79. The molecule has 0 bridgehead atoms. The third-order valence-electron chi connectivity index (χ3n) is 4.07. The van der Waals surface area contributed by atoms with Gasteiger partial charge in [0.15, 0.2) is 0 Å². The number of piperazine rings is 1. The molecular formula is C13H27N3. The molecule has 2 heterocycles. The van der Waals surface area contributed by atoms with E-state index in [0.29, 0.717) is 0 Å². The average Bonchev–Trinajstić information content (AvgIpc) is 2.31. The van der Waals surface area contributed by atoms with E-state index in [4.69, 9.17) is 0 Å². The van der Waals surface area contributed by atoms with Gasteiger partial charge in [-0.25, -0.2) is 0 Å². The third-order valence-corrected chi connectivity index (χ3v) is 4.07. The lowest BCUT2D eigenvalue weighted by Gasteiger charge is -2.42. The fraction of sp³-hybridized carbons (Fsp3) is 1.00. The van der Waals surface area contributed by atoms with E-state index in [1.54, 1.807) is 0 Å². The third kappa shape index (κ3) is 3.19. The summed E-state index contributed by atoms with van der Waals surface area (Å²) < 4.78 is 0. The Kier molecular flexibility index (Phi) is 4.62. The molecule has 0 aromatic heterocycles. The summed E-state index contributed by atoms with van der Waals surface area (Å²) in [5.41, 5.74) is 0. The lowest BCUT2D eigenvalue weighted by atomic mass is 10.0. The van der Waals surface area contributed by atoms with E-state index in [1.165, 1.54) is 65.1 Å². The van der Waals surface area contributed by atoms with Crippen molar-refractivity contribution >= 4 is 0 Å². The van der Waals surface area contributed by atoms with Crippen molar-refractivity contribution in [3.8, 4) is 0 Å². The number of likely N-dealkylation sites (tertiary alicyclic amines) is 1. The van der Waals surface area contributed by atoms with Crippen LogP contribution in [0.25, 0.3) is 0 Å². The second-order valence-corrected chi connectivity index (χ2v) is 5.44. The van der Waals surface area contributed by atoms with Crippen LogP contribution in [0.1, 0.15) is 26.2 Å². The average molecular weight is 225 g/mol. The van der Waals surface area contributed by atoms with Crippen LogP contribution in [0, 0.1) is 0 Å². The molecular weight excluding hydrogens is 198 g/mol. The minimum atomic E-state index is 0.842. The van der Waals surface area contributed by atoms with E-state index < -0.39 is 0 Å². The molecule has 0 saturated carbocycles. The van der Waals surface area contributed by atoms with E-state index in [9.17, 15) is 0 Å². The zero-order chi connectivity index (χ0) is 11.4. The number of rotatable bonds is 3. The smallest absolute Gasteiger partial charge is 0.0224 e. The molecule has 2 saturated heterocycles. The Morgan fingerprint density at radius 1 is 1.06 bits per heavy atom. The Hall–Kier alpha value is -0.120. The summed E-state index contributed by atoms with van der Waals surface area (Å²) in [6.45, 7) is 11.3. The molecule has 0 radical (unpaired) electrons. The predicted octanol–water partition coefficient (Wildman–Crippen LogP) is 1.11.